The Morgan fingerprint density at radius 2 is 2.06 bits per heavy atom. The van der Waals surface area contributed by atoms with Crippen LogP contribution in [0.4, 0.5) is 19.0 Å². The first-order valence-electron chi connectivity index (χ1n) is 10.7. The van der Waals surface area contributed by atoms with E-state index in [1.165, 1.54) is 12.3 Å². The van der Waals surface area contributed by atoms with Gasteiger partial charge in [-0.15, -0.1) is 0 Å². The molecule has 4 atom stereocenters. The Kier molecular flexibility index (Phi) is 4.31. The number of rotatable bonds is 2. The van der Waals surface area contributed by atoms with Crippen LogP contribution in [0.1, 0.15) is 74.8 Å². The summed E-state index contributed by atoms with van der Waals surface area (Å²) in [6, 6.07) is 2.38. The monoisotopic (exact) mass is 436 g/mol. The SMILES string of the molecule is CC1(C)C[C@H]2C[C@@](C)(CN2C(=O)c2cc3n(n2)[C@@H](C(F)(F)F)C[C@H](c2ccco2)N3)C1. The maximum absolute atomic E-state index is 13.8. The van der Waals surface area contributed by atoms with Crippen LogP contribution in [0.25, 0.3) is 0 Å². The van der Waals surface area contributed by atoms with E-state index in [1.807, 2.05) is 4.90 Å². The van der Waals surface area contributed by atoms with E-state index in [1.54, 1.807) is 12.1 Å². The summed E-state index contributed by atoms with van der Waals surface area (Å²) in [6.45, 7) is 7.25. The van der Waals surface area contributed by atoms with Gasteiger partial charge in [0.15, 0.2) is 11.7 Å². The Hall–Kier alpha value is -2.45. The van der Waals surface area contributed by atoms with Crippen LogP contribution < -0.4 is 5.32 Å². The van der Waals surface area contributed by atoms with Crippen molar-refractivity contribution in [2.75, 3.05) is 11.9 Å². The largest absolute Gasteiger partial charge is 0.467 e. The number of nitrogens with zero attached hydrogens (tertiary/aromatic N) is 3. The molecule has 0 aromatic carbocycles. The molecule has 5 rings (SSSR count). The van der Waals surface area contributed by atoms with Crippen molar-refractivity contribution in [1.82, 2.24) is 14.7 Å². The van der Waals surface area contributed by atoms with Crippen molar-refractivity contribution in [3.8, 4) is 0 Å². The van der Waals surface area contributed by atoms with E-state index in [0.29, 0.717) is 12.3 Å². The number of halogens is 3. The number of hydrogen-bond donors (Lipinski definition) is 1. The quantitative estimate of drug-likeness (QED) is 0.705. The standard InChI is InChI=1S/C22H27F3N4O2/c1-20(2)9-13-10-21(3,11-20)12-28(13)19(30)15-8-18-26-14(16-5-4-6-31-16)7-17(22(23,24)25)29(18)27-15/h4-6,8,13-14,17,26H,7,9-12H2,1-3H3/t13-,14+,17+,21+/m0/s1. The first kappa shape index (κ1) is 20.5. The van der Waals surface area contributed by atoms with E-state index in [0.717, 1.165) is 23.9 Å². The number of anilines is 1. The zero-order valence-electron chi connectivity index (χ0n) is 17.9. The molecule has 2 aromatic heterocycles. The molecule has 1 saturated heterocycles. The van der Waals surface area contributed by atoms with Gasteiger partial charge in [-0.05, 0) is 42.2 Å². The van der Waals surface area contributed by atoms with Crippen LogP contribution in [0.5, 0.6) is 0 Å². The highest BCUT2D eigenvalue weighted by Crippen LogP contribution is 2.53. The number of carbonyl (C=O) groups excluding carboxylic acids is 1. The lowest BCUT2D eigenvalue weighted by Crippen LogP contribution is -2.38. The molecule has 0 spiro atoms. The third kappa shape index (κ3) is 3.51. The summed E-state index contributed by atoms with van der Waals surface area (Å²) in [7, 11) is 0. The zero-order chi connectivity index (χ0) is 22.2. The van der Waals surface area contributed by atoms with Crippen LogP contribution in [-0.4, -0.2) is 39.4 Å². The second-order valence-corrected chi connectivity index (χ2v) is 10.5. The molecule has 4 heterocycles. The first-order valence-corrected chi connectivity index (χ1v) is 10.7. The average molecular weight is 436 g/mol. The highest BCUT2D eigenvalue weighted by Gasteiger charge is 2.52. The number of carbonyl (C=O) groups is 1. The number of alkyl halides is 3. The van der Waals surface area contributed by atoms with Gasteiger partial charge in [0.05, 0.1) is 12.3 Å². The number of fused-ring (bicyclic) bond motifs is 3. The molecular weight excluding hydrogens is 409 g/mol. The van der Waals surface area contributed by atoms with Gasteiger partial charge in [0.1, 0.15) is 11.6 Å². The molecule has 0 radical (unpaired) electrons. The minimum absolute atomic E-state index is 0.0402. The van der Waals surface area contributed by atoms with Crippen molar-refractivity contribution >= 4 is 11.7 Å². The van der Waals surface area contributed by atoms with Crippen molar-refractivity contribution < 1.29 is 22.4 Å². The molecule has 1 aliphatic carbocycles. The summed E-state index contributed by atoms with van der Waals surface area (Å²) in [5.41, 5.74) is 0.239. The number of amides is 1. The number of nitrogens with one attached hydrogen (secondary N) is 1. The van der Waals surface area contributed by atoms with E-state index in [2.05, 4.69) is 31.2 Å². The van der Waals surface area contributed by atoms with Crippen LogP contribution in [0.2, 0.25) is 0 Å². The normalized spacial score (nSPS) is 31.9. The minimum Gasteiger partial charge on any atom is -0.467 e. The maximum atomic E-state index is 13.8. The number of likely N-dealkylation sites (tertiary alicyclic amines) is 1. The summed E-state index contributed by atoms with van der Waals surface area (Å²) in [6.07, 6.45) is -0.449. The molecule has 2 aromatic rings. The second-order valence-electron chi connectivity index (χ2n) is 10.5. The van der Waals surface area contributed by atoms with E-state index >= 15 is 0 Å². The summed E-state index contributed by atoms with van der Waals surface area (Å²) in [5.74, 6) is 0.329. The fourth-order valence-electron chi connectivity index (χ4n) is 6.20. The third-order valence-electron chi connectivity index (χ3n) is 6.97. The second kappa shape index (κ2) is 6.53. The highest BCUT2D eigenvalue weighted by molar-refractivity contribution is 5.93. The lowest BCUT2D eigenvalue weighted by atomic mass is 9.65. The summed E-state index contributed by atoms with van der Waals surface area (Å²) >= 11 is 0. The summed E-state index contributed by atoms with van der Waals surface area (Å²) in [4.78, 5) is 15.2. The lowest BCUT2D eigenvalue weighted by molar-refractivity contribution is -0.174. The van der Waals surface area contributed by atoms with Gasteiger partial charge in [0, 0.05) is 25.1 Å². The molecule has 9 heteroatoms. The molecule has 2 aliphatic heterocycles. The van der Waals surface area contributed by atoms with Crippen LogP contribution in [0.15, 0.2) is 28.9 Å². The van der Waals surface area contributed by atoms with Gasteiger partial charge in [0.2, 0.25) is 0 Å². The summed E-state index contributed by atoms with van der Waals surface area (Å²) in [5, 5.41) is 7.21. The molecule has 1 amide bonds. The van der Waals surface area contributed by atoms with Gasteiger partial charge in [0.25, 0.3) is 5.91 Å². The Morgan fingerprint density at radius 1 is 1.29 bits per heavy atom. The molecule has 3 aliphatic rings. The van der Waals surface area contributed by atoms with E-state index in [9.17, 15) is 18.0 Å². The van der Waals surface area contributed by atoms with Gasteiger partial charge >= 0.3 is 6.18 Å². The Balaban J connectivity index is 1.46. The van der Waals surface area contributed by atoms with Gasteiger partial charge in [-0.3, -0.25) is 4.79 Å². The molecule has 2 bridgehead atoms. The predicted octanol–water partition coefficient (Wildman–Crippen LogP) is 5.18. The Bertz CT molecular complexity index is 997. The Labute approximate surface area is 178 Å². The fraction of sp³-hybridized carbons (Fsp3) is 0.636. The lowest BCUT2D eigenvalue weighted by Gasteiger charge is -2.39. The van der Waals surface area contributed by atoms with Crippen LogP contribution >= 0.6 is 0 Å². The molecule has 0 unspecified atom stereocenters. The minimum atomic E-state index is -4.49. The molecule has 1 N–H and O–H groups in total. The van der Waals surface area contributed by atoms with Gasteiger partial charge in [-0.2, -0.15) is 18.3 Å². The van der Waals surface area contributed by atoms with Crippen LogP contribution in [0.3, 0.4) is 0 Å². The molecule has 168 valence electrons. The number of aromatic nitrogens is 2. The maximum Gasteiger partial charge on any atom is 0.410 e. The van der Waals surface area contributed by atoms with Crippen molar-refractivity contribution in [2.24, 2.45) is 10.8 Å². The fourth-order valence-corrected chi connectivity index (χ4v) is 6.20. The van der Waals surface area contributed by atoms with Crippen LogP contribution in [-0.2, 0) is 0 Å². The van der Waals surface area contributed by atoms with Crippen molar-refractivity contribution in [1.29, 1.82) is 0 Å². The third-order valence-corrected chi connectivity index (χ3v) is 6.97. The van der Waals surface area contributed by atoms with E-state index in [4.69, 9.17) is 4.42 Å². The molecule has 1 saturated carbocycles. The zero-order valence-corrected chi connectivity index (χ0v) is 17.9. The van der Waals surface area contributed by atoms with Crippen molar-refractivity contribution in [2.45, 2.75) is 70.8 Å². The van der Waals surface area contributed by atoms with E-state index in [-0.39, 0.29) is 40.7 Å². The van der Waals surface area contributed by atoms with E-state index < -0.39 is 18.3 Å². The smallest absolute Gasteiger partial charge is 0.410 e. The summed E-state index contributed by atoms with van der Waals surface area (Å²) < 4.78 is 47.8. The predicted molar refractivity (Wildman–Crippen MR) is 108 cm³/mol. The van der Waals surface area contributed by atoms with Crippen molar-refractivity contribution in [3.05, 3.63) is 35.9 Å². The average Bonchev–Trinajstić information content (AvgIpc) is 3.35. The molecule has 31 heavy (non-hydrogen) atoms. The molecule has 2 fully saturated rings. The number of hydrogen-bond acceptors (Lipinski definition) is 4. The van der Waals surface area contributed by atoms with Crippen LogP contribution in [0, 0.1) is 10.8 Å². The number of furan rings is 1. The van der Waals surface area contributed by atoms with Gasteiger partial charge in [-0.25, -0.2) is 4.68 Å². The van der Waals surface area contributed by atoms with Gasteiger partial charge < -0.3 is 14.6 Å². The highest BCUT2D eigenvalue weighted by atomic mass is 19.4. The van der Waals surface area contributed by atoms with Crippen molar-refractivity contribution in [3.63, 3.8) is 0 Å². The topological polar surface area (TPSA) is 63.3 Å². The van der Waals surface area contributed by atoms with Gasteiger partial charge in [-0.1, -0.05) is 20.8 Å². The molecular formula is C22H27F3N4O2. The molecule has 6 nitrogen and oxygen atoms in total. The Morgan fingerprint density at radius 3 is 2.74 bits per heavy atom. The first-order chi connectivity index (χ1) is 14.4.